The molecule has 0 saturated carbocycles. The maximum atomic E-state index is 13.4. The number of pyridine rings is 1. The highest BCUT2D eigenvalue weighted by Gasteiger charge is 2.22. The molecule has 0 bridgehead atoms. The average Bonchev–Trinajstić information content (AvgIpc) is 2.88. The summed E-state index contributed by atoms with van der Waals surface area (Å²) in [7, 11) is -3.36. The summed E-state index contributed by atoms with van der Waals surface area (Å²) in [6.07, 6.45) is 4.68. The van der Waals surface area contributed by atoms with Crippen molar-refractivity contribution in [3.05, 3.63) is 71.0 Å². The van der Waals surface area contributed by atoms with Crippen LogP contribution in [0.25, 0.3) is 22.2 Å². The topological polar surface area (TPSA) is 126 Å². The normalized spacial score (nSPS) is 15.9. The van der Waals surface area contributed by atoms with Crippen LogP contribution in [0.2, 0.25) is 0 Å². The Morgan fingerprint density at radius 1 is 1.08 bits per heavy atom. The largest absolute Gasteiger partial charge is 0.347 e. The van der Waals surface area contributed by atoms with Crippen LogP contribution in [0.5, 0.6) is 0 Å². The number of benzene rings is 2. The van der Waals surface area contributed by atoms with Crippen LogP contribution >= 0.6 is 15.9 Å². The van der Waals surface area contributed by atoms with E-state index in [2.05, 4.69) is 46.8 Å². The lowest BCUT2D eigenvalue weighted by atomic mass is 10.0. The second-order valence-corrected chi connectivity index (χ2v) is 11.8. The van der Waals surface area contributed by atoms with E-state index in [-0.39, 0.29) is 28.5 Å². The smallest absolute Gasteiger partial charge is 0.270 e. The molecule has 37 heavy (non-hydrogen) atoms. The SMILES string of the molecule is CS(=O)(=O)c1cccc(Nc2ncc3cc(-c4ccccc4Br)c(C(=O)N[C@H]4CCCNC4)nc3n2)c1. The molecule has 1 aliphatic rings. The van der Waals surface area contributed by atoms with Gasteiger partial charge in [-0.05, 0) is 55.3 Å². The van der Waals surface area contributed by atoms with Crippen molar-refractivity contribution in [1.82, 2.24) is 25.6 Å². The van der Waals surface area contributed by atoms with Crippen LogP contribution in [-0.2, 0) is 9.84 Å². The van der Waals surface area contributed by atoms with Gasteiger partial charge < -0.3 is 16.0 Å². The Labute approximate surface area is 223 Å². The highest BCUT2D eigenvalue weighted by Crippen LogP contribution is 2.32. The molecule has 1 aliphatic heterocycles. The van der Waals surface area contributed by atoms with Gasteiger partial charge in [0.2, 0.25) is 5.95 Å². The Kier molecular flexibility index (Phi) is 7.18. The van der Waals surface area contributed by atoms with E-state index in [9.17, 15) is 13.2 Å². The number of nitrogens with zero attached hydrogens (tertiary/aromatic N) is 3. The van der Waals surface area contributed by atoms with Crippen molar-refractivity contribution in [2.24, 2.45) is 0 Å². The molecule has 1 atom stereocenters. The van der Waals surface area contributed by atoms with E-state index >= 15 is 0 Å². The van der Waals surface area contributed by atoms with Crippen molar-refractivity contribution < 1.29 is 13.2 Å². The molecule has 9 nitrogen and oxygen atoms in total. The van der Waals surface area contributed by atoms with Gasteiger partial charge in [-0.3, -0.25) is 4.79 Å². The summed E-state index contributed by atoms with van der Waals surface area (Å²) in [5, 5.41) is 10.1. The summed E-state index contributed by atoms with van der Waals surface area (Å²) >= 11 is 3.59. The minimum atomic E-state index is -3.36. The van der Waals surface area contributed by atoms with Gasteiger partial charge in [-0.25, -0.2) is 18.4 Å². The standard InChI is InChI=1S/C26H25BrN6O3S/c1-37(35,36)19-8-4-6-17(13-19)31-26-29-14-16-12-21(20-9-2-3-10-22(20)27)23(32-24(16)33-26)25(34)30-18-7-5-11-28-15-18/h2-4,6,8-10,12-14,18,28H,5,7,11,15H2,1H3,(H,30,34)(H,29,31,32,33)/t18-/m0/s1. The molecule has 2 aromatic heterocycles. The van der Waals surface area contributed by atoms with E-state index in [1.54, 1.807) is 18.3 Å². The van der Waals surface area contributed by atoms with Crippen LogP contribution in [0.1, 0.15) is 23.3 Å². The maximum Gasteiger partial charge on any atom is 0.270 e. The van der Waals surface area contributed by atoms with Crippen LogP contribution in [0.3, 0.4) is 0 Å². The quantitative estimate of drug-likeness (QED) is 0.311. The van der Waals surface area contributed by atoms with Gasteiger partial charge in [0.25, 0.3) is 5.91 Å². The number of carbonyl (C=O) groups excluding carboxylic acids is 1. The van der Waals surface area contributed by atoms with Crippen molar-refractivity contribution in [1.29, 1.82) is 0 Å². The van der Waals surface area contributed by atoms with Crippen LogP contribution in [0, 0.1) is 0 Å². The van der Waals surface area contributed by atoms with Crippen molar-refractivity contribution in [2.75, 3.05) is 24.7 Å². The van der Waals surface area contributed by atoms with Gasteiger partial charge in [-0.2, -0.15) is 4.98 Å². The Morgan fingerprint density at radius 3 is 2.68 bits per heavy atom. The van der Waals surface area contributed by atoms with Gasteiger partial charge >= 0.3 is 0 Å². The molecule has 2 aromatic carbocycles. The molecule has 11 heteroatoms. The van der Waals surface area contributed by atoms with E-state index < -0.39 is 9.84 Å². The number of fused-ring (bicyclic) bond motifs is 1. The van der Waals surface area contributed by atoms with Gasteiger partial charge in [0.1, 0.15) is 5.69 Å². The summed E-state index contributed by atoms with van der Waals surface area (Å²) in [6.45, 7) is 1.66. The number of piperidine rings is 1. The number of hydrogen-bond acceptors (Lipinski definition) is 8. The number of amides is 1. The molecule has 4 aromatic rings. The van der Waals surface area contributed by atoms with Gasteiger partial charge in [-0.1, -0.05) is 40.2 Å². The Hall–Kier alpha value is -3.41. The van der Waals surface area contributed by atoms with Crippen LogP contribution in [0.15, 0.2) is 70.2 Å². The number of hydrogen-bond donors (Lipinski definition) is 3. The lowest BCUT2D eigenvalue weighted by Gasteiger charge is -2.24. The molecule has 0 spiro atoms. The molecule has 0 unspecified atom stereocenters. The van der Waals surface area contributed by atoms with E-state index in [0.717, 1.165) is 35.7 Å². The summed E-state index contributed by atoms with van der Waals surface area (Å²) in [6, 6.07) is 16.0. The van der Waals surface area contributed by atoms with Gasteiger partial charge in [-0.15, -0.1) is 0 Å². The zero-order valence-corrected chi connectivity index (χ0v) is 22.4. The van der Waals surface area contributed by atoms with Gasteiger partial charge in [0, 0.05) is 46.1 Å². The van der Waals surface area contributed by atoms with Crippen LogP contribution < -0.4 is 16.0 Å². The zero-order chi connectivity index (χ0) is 26.0. The molecule has 3 heterocycles. The summed E-state index contributed by atoms with van der Waals surface area (Å²) in [4.78, 5) is 27.2. The molecule has 5 rings (SSSR count). The predicted molar refractivity (Wildman–Crippen MR) is 147 cm³/mol. The molecule has 190 valence electrons. The fourth-order valence-corrected chi connectivity index (χ4v) is 5.41. The molecule has 1 saturated heterocycles. The van der Waals surface area contributed by atoms with Crippen molar-refractivity contribution in [3.63, 3.8) is 0 Å². The average molecular weight is 581 g/mol. The molecular formula is C26H25BrN6O3S. The number of rotatable bonds is 6. The number of nitrogens with one attached hydrogen (secondary N) is 3. The zero-order valence-electron chi connectivity index (χ0n) is 20.0. The summed E-state index contributed by atoms with van der Waals surface area (Å²) in [5.41, 5.74) is 2.65. The molecule has 0 aliphatic carbocycles. The first-order chi connectivity index (χ1) is 17.8. The first kappa shape index (κ1) is 25.2. The molecule has 3 N–H and O–H groups in total. The minimum Gasteiger partial charge on any atom is -0.347 e. The van der Waals surface area contributed by atoms with E-state index in [1.165, 1.54) is 12.1 Å². The monoisotopic (exact) mass is 580 g/mol. The Bertz CT molecular complexity index is 1590. The molecule has 0 radical (unpaired) electrons. The number of aromatic nitrogens is 3. The van der Waals surface area contributed by atoms with E-state index in [4.69, 9.17) is 0 Å². The lowest BCUT2D eigenvalue weighted by molar-refractivity contribution is 0.0926. The molecular weight excluding hydrogens is 556 g/mol. The summed E-state index contributed by atoms with van der Waals surface area (Å²) < 4.78 is 24.7. The number of sulfone groups is 1. The van der Waals surface area contributed by atoms with Crippen molar-refractivity contribution in [2.45, 2.75) is 23.8 Å². The van der Waals surface area contributed by atoms with Gasteiger partial charge in [0.05, 0.1) is 4.90 Å². The Balaban J connectivity index is 1.54. The summed E-state index contributed by atoms with van der Waals surface area (Å²) in [5.74, 6) is -0.0301. The fourth-order valence-electron chi connectivity index (χ4n) is 4.24. The Morgan fingerprint density at radius 2 is 1.92 bits per heavy atom. The second-order valence-electron chi connectivity index (χ2n) is 8.91. The highest BCUT2D eigenvalue weighted by atomic mass is 79.9. The highest BCUT2D eigenvalue weighted by molar-refractivity contribution is 9.10. The predicted octanol–water partition coefficient (Wildman–Crippen LogP) is 4.08. The third-order valence-electron chi connectivity index (χ3n) is 6.10. The first-order valence-electron chi connectivity index (χ1n) is 11.8. The van der Waals surface area contributed by atoms with Gasteiger partial charge in [0.15, 0.2) is 15.5 Å². The molecule has 1 amide bonds. The third kappa shape index (κ3) is 5.79. The van der Waals surface area contributed by atoms with Crippen molar-refractivity contribution in [3.8, 4) is 11.1 Å². The first-order valence-corrected chi connectivity index (χ1v) is 14.5. The number of anilines is 2. The van der Waals surface area contributed by atoms with Crippen LogP contribution in [0.4, 0.5) is 11.6 Å². The minimum absolute atomic E-state index is 0.0237. The molecule has 1 fully saturated rings. The fraction of sp³-hybridized carbons (Fsp3) is 0.231. The van der Waals surface area contributed by atoms with Crippen molar-refractivity contribution >= 4 is 54.3 Å². The van der Waals surface area contributed by atoms with E-state index in [0.29, 0.717) is 28.8 Å². The van der Waals surface area contributed by atoms with Crippen LogP contribution in [-0.4, -0.2) is 54.7 Å². The number of carbonyl (C=O) groups is 1. The lowest BCUT2D eigenvalue weighted by Crippen LogP contribution is -2.45. The number of halogens is 1. The maximum absolute atomic E-state index is 13.4. The second kappa shape index (κ2) is 10.5. The third-order valence-corrected chi connectivity index (χ3v) is 7.90. The van der Waals surface area contributed by atoms with E-state index in [1.807, 2.05) is 30.3 Å².